The second-order valence-corrected chi connectivity index (χ2v) is 11.2. The van der Waals surface area contributed by atoms with Crippen LogP contribution in [0.2, 0.25) is 5.02 Å². The van der Waals surface area contributed by atoms with E-state index in [1.165, 1.54) is 26.0 Å². The van der Waals surface area contributed by atoms with Crippen molar-refractivity contribution in [3.63, 3.8) is 0 Å². The summed E-state index contributed by atoms with van der Waals surface area (Å²) >= 11 is 5.96. The fourth-order valence-electron chi connectivity index (χ4n) is 5.39. The van der Waals surface area contributed by atoms with Gasteiger partial charge in [0.05, 0.1) is 13.0 Å². The Morgan fingerprint density at radius 1 is 0.932 bits per heavy atom. The van der Waals surface area contributed by atoms with Crippen LogP contribution in [0.15, 0.2) is 72.8 Å². The van der Waals surface area contributed by atoms with Gasteiger partial charge in [0.2, 0.25) is 11.8 Å². The molecule has 0 aliphatic heterocycles. The molecule has 3 amide bonds. The van der Waals surface area contributed by atoms with E-state index in [9.17, 15) is 24.3 Å². The molecule has 0 saturated heterocycles. The molecule has 0 fully saturated rings. The summed E-state index contributed by atoms with van der Waals surface area (Å²) in [5, 5.41) is 15.2. The van der Waals surface area contributed by atoms with Crippen LogP contribution in [0.4, 0.5) is 4.79 Å². The Hall–Kier alpha value is -4.41. The van der Waals surface area contributed by atoms with Crippen molar-refractivity contribution in [1.29, 1.82) is 0 Å². The number of rotatable bonds is 13. The second-order valence-electron chi connectivity index (χ2n) is 10.7. The smallest absolute Gasteiger partial charge is 0.407 e. The number of benzene rings is 3. The van der Waals surface area contributed by atoms with E-state index in [0.717, 1.165) is 27.8 Å². The van der Waals surface area contributed by atoms with E-state index in [1.54, 1.807) is 24.3 Å². The number of hydrogen-bond donors (Lipinski definition) is 3. The maximum atomic E-state index is 13.4. The van der Waals surface area contributed by atoms with Gasteiger partial charge < -0.3 is 30.1 Å². The topological polar surface area (TPSA) is 134 Å². The van der Waals surface area contributed by atoms with Crippen molar-refractivity contribution in [2.45, 2.75) is 43.8 Å². The lowest BCUT2D eigenvalue weighted by molar-refractivity contribution is -0.142. The van der Waals surface area contributed by atoms with Gasteiger partial charge >= 0.3 is 12.1 Å². The molecule has 3 N–H and O–H groups in total. The summed E-state index contributed by atoms with van der Waals surface area (Å²) in [6, 6.07) is 20.0. The number of carbonyl (C=O) groups excluding carboxylic acids is 3. The van der Waals surface area contributed by atoms with Gasteiger partial charge in [-0.2, -0.15) is 0 Å². The minimum atomic E-state index is -1.12. The zero-order valence-electron chi connectivity index (χ0n) is 24.8. The van der Waals surface area contributed by atoms with Gasteiger partial charge in [-0.15, -0.1) is 0 Å². The number of amides is 3. The predicted molar refractivity (Wildman–Crippen MR) is 165 cm³/mol. The van der Waals surface area contributed by atoms with Gasteiger partial charge in [-0.3, -0.25) is 14.4 Å². The Morgan fingerprint density at radius 2 is 1.52 bits per heavy atom. The maximum Gasteiger partial charge on any atom is 0.407 e. The highest BCUT2D eigenvalue weighted by atomic mass is 35.5. The van der Waals surface area contributed by atoms with Crippen LogP contribution in [0.25, 0.3) is 11.1 Å². The minimum absolute atomic E-state index is 0.0857. The van der Waals surface area contributed by atoms with Crippen molar-refractivity contribution in [3.8, 4) is 11.1 Å². The Kier molecular flexibility index (Phi) is 11.0. The monoisotopic (exact) mass is 621 g/mol. The summed E-state index contributed by atoms with van der Waals surface area (Å²) < 4.78 is 10.7. The Labute approximate surface area is 261 Å². The molecule has 3 aromatic rings. The molecule has 1 aliphatic carbocycles. The molecule has 232 valence electrons. The molecule has 0 unspecified atom stereocenters. The zero-order valence-corrected chi connectivity index (χ0v) is 25.5. The Morgan fingerprint density at radius 3 is 2.09 bits per heavy atom. The van der Waals surface area contributed by atoms with E-state index < -0.39 is 42.0 Å². The molecule has 0 saturated carbocycles. The SMILES string of the molecule is COC[C@H](NC(=O)[C@H](C)NC(=O)OCC1c2ccccc2-c2ccccc21)C(=O)N(C)[C@H](CC(=O)O)Cc1ccc(Cl)cc1. The average molecular weight is 622 g/mol. The van der Waals surface area contributed by atoms with Gasteiger partial charge in [0.25, 0.3) is 0 Å². The van der Waals surface area contributed by atoms with Gasteiger partial charge in [-0.1, -0.05) is 72.3 Å². The van der Waals surface area contributed by atoms with Crippen LogP contribution in [0.1, 0.15) is 36.0 Å². The van der Waals surface area contributed by atoms with Crippen LogP contribution >= 0.6 is 11.6 Å². The molecule has 3 aromatic carbocycles. The highest BCUT2D eigenvalue weighted by Gasteiger charge is 2.32. The third-order valence-electron chi connectivity index (χ3n) is 7.71. The van der Waals surface area contributed by atoms with Crippen LogP contribution in [0.3, 0.4) is 0 Å². The summed E-state index contributed by atoms with van der Waals surface area (Å²) in [6.45, 7) is 1.40. The standard InChI is InChI=1S/C33H36ClN3O7/c1-20(35-33(42)44-18-28-26-10-6-4-8-24(26)25-9-5-7-11-27(25)28)31(40)36-29(19-43-3)32(41)37(2)23(17-30(38)39)16-21-12-14-22(34)15-13-21/h4-15,20,23,28-29H,16-19H2,1-3H3,(H,35,42)(H,36,40)(H,38,39)/t20-,23-,29-/m0/s1. The van der Waals surface area contributed by atoms with Gasteiger partial charge in [-0.25, -0.2) is 4.79 Å². The molecule has 1 aliphatic rings. The van der Waals surface area contributed by atoms with Crippen molar-refractivity contribution in [1.82, 2.24) is 15.5 Å². The van der Waals surface area contributed by atoms with Crippen molar-refractivity contribution in [3.05, 3.63) is 94.5 Å². The van der Waals surface area contributed by atoms with Crippen molar-refractivity contribution < 1.29 is 33.8 Å². The molecule has 4 rings (SSSR count). The van der Waals surface area contributed by atoms with E-state index in [2.05, 4.69) is 10.6 Å². The summed E-state index contributed by atoms with van der Waals surface area (Å²) in [7, 11) is 2.87. The first kappa shape index (κ1) is 32.5. The van der Waals surface area contributed by atoms with Gasteiger partial charge in [-0.05, 0) is 53.3 Å². The molecule has 0 radical (unpaired) electrons. The van der Waals surface area contributed by atoms with Crippen LogP contribution in [-0.2, 0) is 30.3 Å². The van der Waals surface area contributed by atoms with Crippen molar-refractivity contribution >= 4 is 35.5 Å². The quantitative estimate of drug-likeness (QED) is 0.260. The van der Waals surface area contributed by atoms with E-state index in [4.69, 9.17) is 21.1 Å². The number of aliphatic carboxylic acids is 1. The number of alkyl carbamates (subject to hydrolysis) is 1. The number of carbonyl (C=O) groups is 4. The van der Waals surface area contributed by atoms with Crippen LogP contribution < -0.4 is 10.6 Å². The number of carboxylic acids is 1. The summed E-state index contributed by atoms with van der Waals surface area (Å²) in [5.41, 5.74) is 5.13. The number of ether oxygens (including phenoxy) is 2. The second kappa shape index (κ2) is 14.9. The maximum absolute atomic E-state index is 13.4. The number of likely N-dealkylation sites (N-methyl/N-ethyl adjacent to an activating group) is 1. The number of nitrogens with zero attached hydrogens (tertiary/aromatic N) is 1. The molecule has 3 atom stereocenters. The lowest BCUT2D eigenvalue weighted by Gasteiger charge is -2.31. The highest BCUT2D eigenvalue weighted by Crippen LogP contribution is 2.44. The van der Waals surface area contributed by atoms with E-state index >= 15 is 0 Å². The van der Waals surface area contributed by atoms with Gasteiger partial charge in [0.15, 0.2) is 0 Å². The number of nitrogens with one attached hydrogen (secondary N) is 2. The first-order valence-corrected chi connectivity index (χ1v) is 14.6. The van der Waals surface area contributed by atoms with E-state index in [1.807, 2.05) is 48.5 Å². The summed E-state index contributed by atoms with van der Waals surface area (Å²) in [5.74, 6) is -2.37. The largest absolute Gasteiger partial charge is 0.481 e. The molecule has 11 heteroatoms. The van der Waals surface area contributed by atoms with Crippen LogP contribution in [0, 0.1) is 0 Å². The first-order valence-electron chi connectivity index (χ1n) is 14.2. The number of carboxylic acid groups (broad SMARTS) is 1. The normalized spacial score (nSPS) is 14.0. The molecule has 10 nitrogen and oxygen atoms in total. The summed E-state index contributed by atoms with van der Waals surface area (Å²) in [4.78, 5) is 52.1. The molecular weight excluding hydrogens is 586 g/mol. The van der Waals surface area contributed by atoms with Crippen molar-refractivity contribution in [2.75, 3.05) is 27.4 Å². The highest BCUT2D eigenvalue weighted by molar-refractivity contribution is 6.30. The molecule has 0 bridgehead atoms. The molecule has 0 spiro atoms. The third kappa shape index (κ3) is 7.94. The van der Waals surface area contributed by atoms with E-state index in [0.29, 0.717) is 5.02 Å². The molecule has 0 aromatic heterocycles. The van der Waals surface area contributed by atoms with Gasteiger partial charge in [0.1, 0.15) is 18.7 Å². The average Bonchev–Trinajstić information content (AvgIpc) is 3.33. The van der Waals surface area contributed by atoms with Crippen LogP contribution in [-0.4, -0.2) is 79.4 Å². The zero-order chi connectivity index (χ0) is 31.8. The fourth-order valence-corrected chi connectivity index (χ4v) is 5.51. The Bertz CT molecular complexity index is 1450. The van der Waals surface area contributed by atoms with E-state index in [-0.39, 0.29) is 32.0 Å². The van der Waals surface area contributed by atoms with Crippen LogP contribution in [0.5, 0.6) is 0 Å². The van der Waals surface area contributed by atoms with Gasteiger partial charge in [0, 0.05) is 31.1 Å². The summed E-state index contributed by atoms with van der Waals surface area (Å²) in [6.07, 6.45) is -0.817. The number of halogens is 1. The third-order valence-corrected chi connectivity index (χ3v) is 7.96. The molecular formula is C33H36ClN3O7. The number of hydrogen-bond acceptors (Lipinski definition) is 6. The minimum Gasteiger partial charge on any atom is -0.481 e. The lowest BCUT2D eigenvalue weighted by Crippen LogP contribution is -2.56. The number of methoxy groups -OCH3 is 1. The Balaban J connectivity index is 1.35. The number of fused-ring (bicyclic) bond motifs is 3. The first-order chi connectivity index (χ1) is 21.1. The fraction of sp³-hybridized carbons (Fsp3) is 0.333. The lowest BCUT2D eigenvalue weighted by atomic mass is 9.98. The molecule has 44 heavy (non-hydrogen) atoms. The van der Waals surface area contributed by atoms with Crippen molar-refractivity contribution in [2.24, 2.45) is 0 Å². The predicted octanol–water partition coefficient (Wildman–Crippen LogP) is 4.24. The molecule has 0 heterocycles.